The van der Waals surface area contributed by atoms with E-state index < -0.39 is 0 Å². The van der Waals surface area contributed by atoms with E-state index in [9.17, 15) is 10.1 Å². The first kappa shape index (κ1) is 19.1. The summed E-state index contributed by atoms with van der Waals surface area (Å²) in [6, 6.07) is 10.5. The molecule has 6 rings (SSSR count). The molecule has 31 heavy (non-hydrogen) atoms. The number of ketones is 1. The van der Waals surface area contributed by atoms with Gasteiger partial charge < -0.3 is 14.8 Å². The van der Waals surface area contributed by atoms with Crippen molar-refractivity contribution in [3.8, 4) is 6.07 Å². The van der Waals surface area contributed by atoms with E-state index in [0.29, 0.717) is 10.3 Å². The topological polar surface area (TPSA) is 63.1 Å². The fourth-order valence-corrected chi connectivity index (χ4v) is 6.75. The summed E-state index contributed by atoms with van der Waals surface area (Å²) in [5, 5.41) is 9.26. The Balaban J connectivity index is 1.36. The number of piperidine rings is 1. The van der Waals surface area contributed by atoms with Gasteiger partial charge >= 0.3 is 0 Å². The van der Waals surface area contributed by atoms with E-state index in [0.717, 1.165) is 45.7 Å². The van der Waals surface area contributed by atoms with Crippen LogP contribution in [0.3, 0.4) is 0 Å². The minimum atomic E-state index is -0.295. The molecule has 0 bridgehead atoms. The van der Waals surface area contributed by atoms with Crippen LogP contribution < -0.4 is 4.90 Å². The maximum Gasteiger partial charge on any atom is 0.196 e. The fraction of sp³-hybridized carbons (Fsp3) is 0.440. The average molecular weight is 431 g/mol. The molecule has 2 fully saturated rings. The van der Waals surface area contributed by atoms with Crippen molar-refractivity contribution in [1.29, 1.82) is 5.26 Å². The van der Waals surface area contributed by atoms with Gasteiger partial charge in [-0.15, -0.1) is 11.3 Å². The van der Waals surface area contributed by atoms with Gasteiger partial charge in [0.1, 0.15) is 10.9 Å². The van der Waals surface area contributed by atoms with Gasteiger partial charge in [0.05, 0.1) is 15.8 Å². The van der Waals surface area contributed by atoms with Gasteiger partial charge in [0.25, 0.3) is 0 Å². The first-order valence-electron chi connectivity index (χ1n) is 11.0. The summed E-state index contributed by atoms with van der Waals surface area (Å²) in [5.41, 5.74) is 5.93. The average Bonchev–Trinajstić information content (AvgIpc) is 3.29. The molecule has 6 heteroatoms. The van der Waals surface area contributed by atoms with Crippen molar-refractivity contribution in [3.63, 3.8) is 0 Å². The van der Waals surface area contributed by atoms with Crippen molar-refractivity contribution >= 4 is 33.0 Å². The second kappa shape index (κ2) is 6.21. The highest BCUT2D eigenvalue weighted by atomic mass is 32.1. The van der Waals surface area contributed by atoms with Gasteiger partial charge in [0.15, 0.2) is 5.78 Å². The van der Waals surface area contributed by atoms with Gasteiger partial charge in [-0.2, -0.15) is 5.26 Å². The van der Waals surface area contributed by atoms with Gasteiger partial charge in [0.2, 0.25) is 0 Å². The van der Waals surface area contributed by atoms with E-state index in [-0.39, 0.29) is 11.2 Å². The van der Waals surface area contributed by atoms with Crippen molar-refractivity contribution in [3.05, 3.63) is 51.5 Å². The summed E-state index contributed by atoms with van der Waals surface area (Å²) < 4.78 is 0.909. The molecule has 0 amide bonds. The molecule has 3 aliphatic rings. The molecular weight excluding hydrogens is 404 g/mol. The van der Waals surface area contributed by atoms with Crippen LogP contribution in [0.25, 0.3) is 10.2 Å². The Morgan fingerprint density at radius 1 is 1.16 bits per heavy atom. The SMILES string of the molecule is CN1CCC2(CC1)CN(c1ccc3c(c1)C(C)(C)c1[nH]c4cc(C#N)sc4c1C3=O)C2. The molecule has 4 heterocycles. The molecule has 0 radical (unpaired) electrons. The van der Waals surface area contributed by atoms with Crippen LogP contribution in [0.4, 0.5) is 5.69 Å². The molecule has 1 aliphatic carbocycles. The van der Waals surface area contributed by atoms with Gasteiger partial charge in [-0.25, -0.2) is 0 Å². The Morgan fingerprint density at radius 3 is 2.61 bits per heavy atom. The monoisotopic (exact) mass is 430 g/mol. The molecule has 1 aromatic carbocycles. The minimum absolute atomic E-state index is 0.0730. The van der Waals surface area contributed by atoms with Gasteiger partial charge in [-0.3, -0.25) is 4.79 Å². The van der Waals surface area contributed by atoms with Gasteiger partial charge in [-0.05, 0) is 62.8 Å². The van der Waals surface area contributed by atoms with Crippen LogP contribution in [0, 0.1) is 16.7 Å². The van der Waals surface area contributed by atoms with Crippen molar-refractivity contribution in [2.24, 2.45) is 5.41 Å². The molecule has 2 aliphatic heterocycles. The number of nitrogens with zero attached hydrogens (tertiary/aromatic N) is 3. The number of fused-ring (bicyclic) bond motifs is 4. The van der Waals surface area contributed by atoms with E-state index in [1.54, 1.807) is 0 Å². The summed E-state index contributed by atoms with van der Waals surface area (Å²) in [6.45, 7) is 9.02. The van der Waals surface area contributed by atoms with Crippen molar-refractivity contribution < 1.29 is 4.79 Å². The van der Waals surface area contributed by atoms with Crippen LogP contribution in [0.5, 0.6) is 0 Å². The van der Waals surface area contributed by atoms with Crippen molar-refractivity contribution in [2.45, 2.75) is 32.1 Å². The Kier molecular flexibility index (Phi) is 3.83. The Bertz CT molecular complexity index is 1270. The standard InChI is InChI=1S/C25H26N4OS/c1-24(2)18-10-15(29-13-25(14-29)6-8-28(3)9-7-25)4-5-17(18)21(30)20-22-19(27-23(20)24)11-16(12-26)31-22/h4-5,10-11,27H,6-9,13-14H2,1-3H3. The van der Waals surface area contributed by atoms with E-state index in [2.05, 4.69) is 53.9 Å². The number of likely N-dealkylation sites (tertiary alicyclic amines) is 1. The Hall–Kier alpha value is -2.62. The lowest BCUT2D eigenvalue weighted by Crippen LogP contribution is -2.60. The highest BCUT2D eigenvalue weighted by Gasteiger charge is 2.45. The number of carbonyl (C=O) groups excluding carboxylic acids is 1. The summed E-state index contributed by atoms with van der Waals surface area (Å²) in [7, 11) is 2.21. The van der Waals surface area contributed by atoms with Crippen LogP contribution in [-0.4, -0.2) is 48.9 Å². The summed E-state index contributed by atoms with van der Waals surface area (Å²) in [4.78, 5) is 22.5. The second-order valence-electron chi connectivity index (χ2n) is 10.2. The maximum absolute atomic E-state index is 13.5. The molecular formula is C25H26N4OS. The number of aromatic nitrogens is 1. The number of aromatic amines is 1. The highest BCUT2D eigenvalue weighted by molar-refractivity contribution is 7.20. The van der Waals surface area contributed by atoms with Crippen molar-refractivity contribution in [2.75, 3.05) is 38.1 Å². The number of thiophene rings is 1. The predicted octanol–water partition coefficient (Wildman–Crippen LogP) is 4.50. The number of carbonyl (C=O) groups is 1. The smallest absolute Gasteiger partial charge is 0.196 e. The fourth-order valence-electron chi connectivity index (χ4n) is 5.79. The third-order valence-electron chi connectivity index (χ3n) is 7.82. The number of hydrogen-bond donors (Lipinski definition) is 1. The number of rotatable bonds is 1. The van der Waals surface area contributed by atoms with Crippen LogP contribution in [0.2, 0.25) is 0 Å². The molecule has 1 N–H and O–H groups in total. The summed E-state index contributed by atoms with van der Waals surface area (Å²) in [6.07, 6.45) is 2.56. The van der Waals surface area contributed by atoms with Crippen molar-refractivity contribution in [1.82, 2.24) is 9.88 Å². The predicted molar refractivity (Wildman–Crippen MR) is 124 cm³/mol. The number of hydrogen-bond acceptors (Lipinski definition) is 5. The zero-order chi connectivity index (χ0) is 21.5. The maximum atomic E-state index is 13.5. The lowest BCUT2D eigenvalue weighted by molar-refractivity contribution is 0.0906. The van der Waals surface area contributed by atoms with Gasteiger partial charge in [0, 0.05) is 40.9 Å². The number of benzene rings is 1. The summed E-state index contributed by atoms with van der Waals surface area (Å²) in [5.74, 6) is 0.0730. The third-order valence-corrected chi connectivity index (χ3v) is 8.87. The largest absolute Gasteiger partial charge is 0.370 e. The lowest BCUT2D eigenvalue weighted by atomic mass is 9.70. The van der Waals surface area contributed by atoms with Crippen LogP contribution in [0.1, 0.15) is 58.7 Å². The van der Waals surface area contributed by atoms with E-state index in [1.165, 1.54) is 43.0 Å². The molecule has 158 valence electrons. The zero-order valence-corrected chi connectivity index (χ0v) is 19.0. The zero-order valence-electron chi connectivity index (χ0n) is 18.2. The normalized spacial score (nSPS) is 21.6. The number of nitrogens with one attached hydrogen (secondary N) is 1. The molecule has 0 unspecified atom stereocenters. The first-order valence-corrected chi connectivity index (χ1v) is 11.8. The molecule has 1 spiro atoms. The minimum Gasteiger partial charge on any atom is -0.370 e. The Morgan fingerprint density at radius 2 is 1.90 bits per heavy atom. The number of H-pyrrole nitrogens is 1. The highest BCUT2D eigenvalue weighted by Crippen LogP contribution is 2.48. The first-order chi connectivity index (χ1) is 14.8. The molecule has 2 aromatic heterocycles. The molecule has 0 saturated carbocycles. The van der Waals surface area contributed by atoms with E-state index in [4.69, 9.17) is 0 Å². The Labute approximate surface area is 186 Å². The van der Waals surface area contributed by atoms with E-state index >= 15 is 0 Å². The van der Waals surface area contributed by atoms with Gasteiger partial charge in [-0.1, -0.05) is 13.8 Å². The molecule has 3 aromatic rings. The molecule has 0 atom stereocenters. The van der Waals surface area contributed by atoms with Crippen LogP contribution in [-0.2, 0) is 5.41 Å². The lowest BCUT2D eigenvalue weighted by Gasteiger charge is -2.55. The second-order valence-corrected chi connectivity index (χ2v) is 11.2. The van der Waals surface area contributed by atoms with Crippen LogP contribution in [0.15, 0.2) is 24.3 Å². The number of anilines is 1. The third kappa shape index (κ3) is 2.60. The van der Waals surface area contributed by atoms with Crippen LogP contribution >= 0.6 is 11.3 Å². The molecule has 2 saturated heterocycles. The quantitative estimate of drug-likeness (QED) is 0.617. The van der Waals surface area contributed by atoms with E-state index in [1.807, 2.05) is 12.1 Å². The number of nitriles is 1. The summed E-state index contributed by atoms with van der Waals surface area (Å²) >= 11 is 1.41. The molecule has 5 nitrogen and oxygen atoms in total.